The molecule has 2 aromatic rings. The molecule has 2 aliphatic heterocycles. The smallest absolute Gasteiger partial charge is 0.244 e. The molecule has 0 aromatic heterocycles. The highest BCUT2D eigenvalue weighted by molar-refractivity contribution is 7.89. The fourth-order valence-electron chi connectivity index (χ4n) is 4.84. The number of nitriles is 1. The molecule has 2 saturated heterocycles. The average molecular weight is 480 g/mol. The molecule has 0 unspecified atom stereocenters. The number of carbonyl (C=O) groups is 2. The summed E-state index contributed by atoms with van der Waals surface area (Å²) in [6.45, 7) is 3.59. The Bertz CT molecular complexity index is 1200. The van der Waals surface area contributed by atoms with Crippen molar-refractivity contribution in [2.75, 3.05) is 26.2 Å². The molecular formula is C26H29N3O4S. The Morgan fingerprint density at radius 1 is 0.882 bits per heavy atom. The van der Waals surface area contributed by atoms with E-state index in [9.17, 15) is 23.3 Å². The molecule has 0 atom stereocenters. The minimum atomic E-state index is -3.78. The number of benzene rings is 2. The number of aryl methyl sites for hydroxylation is 1. The lowest BCUT2D eigenvalue weighted by molar-refractivity contribution is -0.138. The molecule has 0 bridgehead atoms. The highest BCUT2D eigenvalue weighted by Crippen LogP contribution is 2.29. The quantitative estimate of drug-likeness (QED) is 0.612. The Hall–Kier alpha value is -3.02. The largest absolute Gasteiger partial charge is 0.342 e. The van der Waals surface area contributed by atoms with Crippen molar-refractivity contribution < 1.29 is 18.0 Å². The fourth-order valence-corrected chi connectivity index (χ4v) is 6.45. The molecule has 0 N–H and O–H groups in total. The maximum Gasteiger partial charge on any atom is 0.244 e. The van der Waals surface area contributed by atoms with Gasteiger partial charge in [-0.3, -0.25) is 9.59 Å². The lowest BCUT2D eigenvalue weighted by atomic mass is 9.87. The van der Waals surface area contributed by atoms with Gasteiger partial charge in [0.05, 0.1) is 10.5 Å². The normalized spacial score (nSPS) is 18.4. The van der Waals surface area contributed by atoms with Crippen LogP contribution >= 0.6 is 0 Å². The van der Waals surface area contributed by atoms with Crippen LogP contribution in [0.2, 0.25) is 0 Å². The van der Waals surface area contributed by atoms with Gasteiger partial charge >= 0.3 is 0 Å². The van der Waals surface area contributed by atoms with Crippen molar-refractivity contribution in [3.8, 4) is 6.07 Å². The van der Waals surface area contributed by atoms with Gasteiger partial charge in [-0.2, -0.15) is 9.57 Å². The zero-order chi connectivity index (χ0) is 24.3. The zero-order valence-electron chi connectivity index (χ0n) is 19.3. The first kappa shape index (κ1) is 24.1. The SMILES string of the molecule is Cc1ccc(C(=O)C2CCN(C(=O)C3CCN(S(=O)(=O)c4ccccc4C#N)CC3)CC2)cc1. The molecule has 0 spiro atoms. The van der Waals surface area contributed by atoms with Crippen LogP contribution in [0.15, 0.2) is 53.4 Å². The van der Waals surface area contributed by atoms with E-state index in [1.165, 1.54) is 16.4 Å². The fraction of sp³-hybridized carbons (Fsp3) is 0.423. The summed E-state index contributed by atoms with van der Waals surface area (Å²) >= 11 is 0. The summed E-state index contributed by atoms with van der Waals surface area (Å²) in [6.07, 6.45) is 2.21. The van der Waals surface area contributed by atoms with Gasteiger partial charge in [-0.15, -0.1) is 0 Å². The number of ketones is 1. The Labute approximate surface area is 201 Å². The Balaban J connectivity index is 1.31. The van der Waals surface area contributed by atoms with Gasteiger partial charge in [0.1, 0.15) is 6.07 Å². The second-order valence-electron chi connectivity index (χ2n) is 9.12. The average Bonchev–Trinajstić information content (AvgIpc) is 2.88. The molecule has 8 heteroatoms. The van der Waals surface area contributed by atoms with Crippen LogP contribution < -0.4 is 0 Å². The molecule has 0 saturated carbocycles. The van der Waals surface area contributed by atoms with Crippen LogP contribution in [0.1, 0.15) is 47.2 Å². The van der Waals surface area contributed by atoms with Crippen molar-refractivity contribution in [2.45, 2.75) is 37.5 Å². The third-order valence-electron chi connectivity index (χ3n) is 6.94. The maximum atomic E-state index is 13.1. The molecule has 1 amide bonds. The molecule has 0 aliphatic carbocycles. The number of amides is 1. The van der Waals surface area contributed by atoms with E-state index < -0.39 is 10.0 Å². The van der Waals surface area contributed by atoms with E-state index >= 15 is 0 Å². The third-order valence-corrected chi connectivity index (χ3v) is 8.90. The van der Waals surface area contributed by atoms with E-state index in [1.54, 1.807) is 12.1 Å². The lowest BCUT2D eigenvalue weighted by Crippen LogP contribution is -2.47. The molecule has 2 aromatic carbocycles. The highest BCUT2D eigenvalue weighted by Gasteiger charge is 2.36. The van der Waals surface area contributed by atoms with Crippen molar-refractivity contribution in [3.63, 3.8) is 0 Å². The van der Waals surface area contributed by atoms with Gasteiger partial charge in [0, 0.05) is 43.6 Å². The van der Waals surface area contributed by atoms with Crippen LogP contribution in [0.25, 0.3) is 0 Å². The predicted octanol–water partition coefficient (Wildman–Crippen LogP) is 3.39. The predicted molar refractivity (Wildman–Crippen MR) is 127 cm³/mol. The number of likely N-dealkylation sites (tertiary alicyclic amines) is 1. The molecule has 4 rings (SSSR count). The summed E-state index contributed by atoms with van der Waals surface area (Å²) in [5, 5.41) is 9.26. The van der Waals surface area contributed by atoms with Gasteiger partial charge in [0.25, 0.3) is 0 Å². The summed E-state index contributed by atoms with van der Waals surface area (Å²) in [6, 6.07) is 15.8. The second-order valence-corrected chi connectivity index (χ2v) is 11.0. The summed E-state index contributed by atoms with van der Waals surface area (Å²) in [5.41, 5.74) is 1.97. The van der Waals surface area contributed by atoms with Crippen LogP contribution in [0.5, 0.6) is 0 Å². The van der Waals surface area contributed by atoms with Crippen molar-refractivity contribution in [3.05, 3.63) is 65.2 Å². The van der Waals surface area contributed by atoms with E-state index in [-0.39, 0.29) is 47.1 Å². The summed E-state index contributed by atoms with van der Waals surface area (Å²) in [5.74, 6) is -0.0973. The Morgan fingerprint density at radius 3 is 2.09 bits per heavy atom. The van der Waals surface area contributed by atoms with Crippen LogP contribution in [-0.4, -0.2) is 55.5 Å². The first-order valence-electron chi connectivity index (χ1n) is 11.7. The van der Waals surface area contributed by atoms with E-state index in [1.807, 2.05) is 42.2 Å². The third kappa shape index (κ3) is 4.91. The van der Waals surface area contributed by atoms with E-state index in [4.69, 9.17) is 0 Å². The van der Waals surface area contributed by atoms with Crippen molar-refractivity contribution in [2.24, 2.45) is 11.8 Å². The van der Waals surface area contributed by atoms with Crippen molar-refractivity contribution >= 4 is 21.7 Å². The van der Waals surface area contributed by atoms with Gasteiger partial charge in [0.15, 0.2) is 5.78 Å². The lowest BCUT2D eigenvalue weighted by Gasteiger charge is -2.36. The number of nitrogens with zero attached hydrogens (tertiary/aromatic N) is 3. The van der Waals surface area contributed by atoms with Gasteiger partial charge in [0.2, 0.25) is 15.9 Å². The maximum absolute atomic E-state index is 13.1. The minimum absolute atomic E-state index is 0.0163. The highest BCUT2D eigenvalue weighted by atomic mass is 32.2. The van der Waals surface area contributed by atoms with Crippen LogP contribution in [0.3, 0.4) is 0 Å². The molecule has 7 nitrogen and oxygen atoms in total. The topological polar surface area (TPSA) is 98.6 Å². The summed E-state index contributed by atoms with van der Waals surface area (Å²) < 4.78 is 27.4. The number of sulfonamides is 1. The van der Waals surface area contributed by atoms with Gasteiger partial charge in [-0.1, -0.05) is 42.0 Å². The number of Topliss-reactive ketones (excluding diaryl/α,β-unsaturated/α-hetero) is 1. The number of carbonyl (C=O) groups excluding carboxylic acids is 2. The van der Waals surface area contributed by atoms with E-state index in [2.05, 4.69) is 0 Å². The molecule has 2 fully saturated rings. The molecule has 34 heavy (non-hydrogen) atoms. The first-order valence-corrected chi connectivity index (χ1v) is 13.1. The van der Waals surface area contributed by atoms with Crippen LogP contribution in [0, 0.1) is 30.1 Å². The molecule has 178 valence electrons. The Kier molecular flexibility index (Phi) is 7.15. The van der Waals surface area contributed by atoms with Gasteiger partial charge in [-0.05, 0) is 44.7 Å². The van der Waals surface area contributed by atoms with Crippen molar-refractivity contribution in [1.82, 2.24) is 9.21 Å². The first-order chi connectivity index (χ1) is 16.3. The van der Waals surface area contributed by atoms with E-state index in [0.29, 0.717) is 38.8 Å². The number of hydrogen-bond acceptors (Lipinski definition) is 5. The number of rotatable bonds is 5. The van der Waals surface area contributed by atoms with Gasteiger partial charge in [-0.25, -0.2) is 8.42 Å². The molecule has 2 heterocycles. The van der Waals surface area contributed by atoms with Gasteiger partial charge < -0.3 is 4.90 Å². The molecule has 0 radical (unpaired) electrons. The summed E-state index contributed by atoms with van der Waals surface area (Å²) in [4.78, 5) is 27.7. The van der Waals surface area contributed by atoms with Crippen LogP contribution in [0.4, 0.5) is 0 Å². The standard InChI is InChI=1S/C26H29N3O4S/c1-19-6-8-20(9-7-19)25(30)21-10-14-28(15-11-21)26(31)22-12-16-29(17-13-22)34(32,33)24-5-3-2-4-23(24)18-27/h2-9,21-22H,10-17H2,1H3. The zero-order valence-corrected chi connectivity index (χ0v) is 20.1. The molecule has 2 aliphatic rings. The number of piperidine rings is 2. The monoisotopic (exact) mass is 479 g/mol. The van der Waals surface area contributed by atoms with Crippen LogP contribution in [-0.2, 0) is 14.8 Å². The number of hydrogen-bond donors (Lipinski definition) is 0. The second kappa shape index (κ2) is 10.1. The summed E-state index contributed by atoms with van der Waals surface area (Å²) in [7, 11) is -3.78. The minimum Gasteiger partial charge on any atom is -0.342 e. The Morgan fingerprint density at radius 2 is 1.47 bits per heavy atom. The molecular weight excluding hydrogens is 450 g/mol. The van der Waals surface area contributed by atoms with E-state index in [0.717, 1.165) is 11.1 Å². The van der Waals surface area contributed by atoms with Crippen molar-refractivity contribution in [1.29, 1.82) is 5.26 Å².